The molecule has 0 aliphatic heterocycles. The molecule has 26 heavy (non-hydrogen) atoms. The number of hydrogen-bond acceptors (Lipinski definition) is 0. The second-order valence-corrected chi connectivity index (χ2v) is 8.49. The summed E-state index contributed by atoms with van der Waals surface area (Å²) in [5.41, 5.74) is 5.91. The van der Waals surface area contributed by atoms with Crippen molar-refractivity contribution in [1.82, 2.24) is 0 Å². The molecule has 0 heterocycles. The standard InChI is InChI=1S/2C13H18/c1-11-6-5-9-13(10-11)12-7-3-2-4-8-12;1-11-7-9-13(10-8-11)12-5-3-2-4-6-12/h5-6,9-10,12H,2-4,7-8H2,1H3;7-10,12H,2-6H2,1H3. The molecule has 0 heteroatoms. The topological polar surface area (TPSA) is 0 Å². The van der Waals surface area contributed by atoms with Crippen molar-refractivity contribution < 1.29 is 0 Å². The molecule has 0 atom stereocenters. The molecule has 0 spiro atoms. The van der Waals surface area contributed by atoms with Gasteiger partial charge in [-0.25, -0.2) is 0 Å². The van der Waals surface area contributed by atoms with Crippen LogP contribution in [0.25, 0.3) is 0 Å². The van der Waals surface area contributed by atoms with Crippen molar-refractivity contribution in [3.8, 4) is 0 Å². The number of hydrogen-bond donors (Lipinski definition) is 0. The molecule has 2 aliphatic carbocycles. The molecular weight excluding hydrogens is 312 g/mol. The van der Waals surface area contributed by atoms with Gasteiger partial charge in [0.1, 0.15) is 0 Å². The maximum Gasteiger partial charge on any atom is -0.0162 e. The predicted octanol–water partition coefficient (Wildman–Crippen LogP) is 8.09. The third kappa shape index (κ3) is 5.73. The summed E-state index contributed by atoms with van der Waals surface area (Å²) in [7, 11) is 0. The minimum atomic E-state index is 0.855. The van der Waals surface area contributed by atoms with Crippen LogP contribution >= 0.6 is 0 Å². The Morgan fingerprint density at radius 1 is 0.538 bits per heavy atom. The molecule has 4 rings (SSSR count). The fourth-order valence-electron chi connectivity index (χ4n) is 4.63. The molecule has 2 fully saturated rings. The summed E-state index contributed by atoms with van der Waals surface area (Å²) in [5.74, 6) is 1.71. The van der Waals surface area contributed by atoms with Gasteiger partial charge in [-0.3, -0.25) is 0 Å². The number of aryl methyl sites for hydroxylation is 2. The highest BCUT2D eigenvalue weighted by molar-refractivity contribution is 5.26. The molecule has 2 aliphatic rings. The molecule has 0 N–H and O–H groups in total. The summed E-state index contributed by atoms with van der Waals surface area (Å²) in [6.45, 7) is 4.34. The lowest BCUT2D eigenvalue weighted by molar-refractivity contribution is 0.443. The van der Waals surface area contributed by atoms with Crippen LogP contribution < -0.4 is 0 Å². The highest BCUT2D eigenvalue weighted by Gasteiger charge is 2.15. The van der Waals surface area contributed by atoms with Crippen LogP contribution in [0.4, 0.5) is 0 Å². The fraction of sp³-hybridized carbons (Fsp3) is 0.538. The second-order valence-electron chi connectivity index (χ2n) is 8.49. The zero-order chi connectivity index (χ0) is 18.2. The Labute approximate surface area is 161 Å². The molecule has 2 aromatic carbocycles. The largest absolute Gasteiger partial charge is 0.0617 e. The van der Waals surface area contributed by atoms with Crippen LogP contribution in [0.3, 0.4) is 0 Å². The van der Waals surface area contributed by atoms with Crippen LogP contribution in [0.15, 0.2) is 48.5 Å². The SMILES string of the molecule is Cc1ccc(C2CCCCC2)cc1.Cc1cccc(C2CCCCC2)c1. The number of benzene rings is 2. The zero-order valence-electron chi connectivity index (χ0n) is 16.8. The molecule has 2 aromatic rings. The fourth-order valence-corrected chi connectivity index (χ4v) is 4.63. The van der Waals surface area contributed by atoms with Gasteiger partial charge in [0.05, 0.1) is 0 Å². The Hall–Kier alpha value is -1.56. The van der Waals surface area contributed by atoms with Gasteiger partial charge in [0, 0.05) is 0 Å². The summed E-state index contributed by atoms with van der Waals surface area (Å²) in [6, 6.07) is 18.1. The van der Waals surface area contributed by atoms with Crippen molar-refractivity contribution >= 4 is 0 Å². The van der Waals surface area contributed by atoms with Crippen LogP contribution in [0.2, 0.25) is 0 Å². The van der Waals surface area contributed by atoms with E-state index in [4.69, 9.17) is 0 Å². The molecule has 140 valence electrons. The maximum atomic E-state index is 2.36. The summed E-state index contributed by atoms with van der Waals surface area (Å²) >= 11 is 0. The van der Waals surface area contributed by atoms with Gasteiger partial charge in [-0.1, -0.05) is 98.2 Å². The van der Waals surface area contributed by atoms with E-state index >= 15 is 0 Å². The van der Waals surface area contributed by atoms with Crippen LogP contribution in [-0.2, 0) is 0 Å². The maximum absolute atomic E-state index is 2.36. The van der Waals surface area contributed by atoms with Crippen LogP contribution in [0.1, 0.15) is 98.3 Å². The van der Waals surface area contributed by atoms with Crippen molar-refractivity contribution in [1.29, 1.82) is 0 Å². The molecule has 0 aromatic heterocycles. The highest BCUT2D eigenvalue weighted by Crippen LogP contribution is 2.33. The zero-order valence-corrected chi connectivity index (χ0v) is 16.8. The molecule has 0 saturated heterocycles. The molecule has 0 radical (unpaired) electrons. The Kier molecular flexibility index (Phi) is 7.35. The van der Waals surface area contributed by atoms with Crippen molar-refractivity contribution in [3.63, 3.8) is 0 Å². The van der Waals surface area contributed by atoms with Crippen molar-refractivity contribution in [2.24, 2.45) is 0 Å². The van der Waals surface area contributed by atoms with Crippen molar-refractivity contribution in [2.75, 3.05) is 0 Å². The molecular formula is C26H36. The van der Waals surface area contributed by atoms with Gasteiger partial charge in [-0.05, 0) is 62.5 Å². The average molecular weight is 349 g/mol. The smallest absolute Gasteiger partial charge is 0.0162 e. The van der Waals surface area contributed by atoms with E-state index in [0.29, 0.717) is 0 Å². The van der Waals surface area contributed by atoms with Crippen molar-refractivity contribution in [2.45, 2.75) is 89.9 Å². The van der Waals surface area contributed by atoms with E-state index < -0.39 is 0 Å². The van der Waals surface area contributed by atoms with Gasteiger partial charge in [0.15, 0.2) is 0 Å². The first-order chi connectivity index (χ1) is 12.7. The molecule has 2 saturated carbocycles. The van der Waals surface area contributed by atoms with E-state index in [1.54, 1.807) is 11.1 Å². The lowest BCUT2D eigenvalue weighted by Crippen LogP contribution is -2.04. The van der Waals surface area contributed by atoms with Gasteiger partial charge in [0.2, 0.25) is 0 Å². The molecule has 0 amide bonds. The molecule has 0 nitrogen and oxygen atoms in total. The minimum Gasteiger partial charge on any atom is -0.0617 e. The predicted molar refractivity (Wildman–Crippen MR) is 114 cm³/mol. The minimum absolute atomic E-state index is 0.855. The Morgan fingerprint density at radius 3 is 1.62 bits per heavy atom. The third-order valence-corrected chi connectivity index (χ3v) is 6.27. The van der Waals surface area contributed by atoms with E-state index in [-0.39, 0.29) is 0 Å². The summed E-state index contributed by atoms with van der Waals surface area (Å²) in [5, 5.41) is 0. The number of rotatable bonds is 2. The normalized spacial score (nSPS) is 18.8. The molecule has 0 bridgehead atoms. The summed E-state index contributed by atoms with van der Waals surface area (Å²) in [4.78, 5) is 0. The Morgan fingerprint density at radius 2 is 1.08 bits per heavy atom. The Bertz CT molecular complexity index is 640. The van der Waals surface area contributed by atoms with Gasteiger partial charge < -0.3 is 0 Å². The lowest BCUT2D eigenvalue weighted by Gasteiger charge is -2.22. The molecule has 0 unspecified atom stereocenters. The summed E-state index contributed by atoms with van der Waals surface area (Å²) < 4.78 is 0. The van der Waals surface area contributed by atoms with Gasteiger partial charge in [0.25, 0.3) is 0 Å². The third-order valence-electron chi connectivity index (χ3n) is 6.27. The Balaban J connectivity index is 0.000000151. The monoisotopic (exact) mass is 348 g/mol. The van der Waals surface area contributed by atoms with E-state index in [9.17, 15) is 0 Å². The highest BCUT2D eigenvalue weighted by atomic mass is 14.2. The van der Waals surface area contributed by atoms with E-state index in [1.165, 1.54) is 75.3 Å². The first kappa shape index (κ1) is 19.2. The van der Waals surface area contributed by atoms with E-state index in [1.807, 2.05) is 0 Å². The second kappa shape index (κ2) is 9.95. The first-order valence-electron chi connectivity index (χ1n) is 10.9. The van der Waals surface area contributed by atoms with Gasteiger partial charge >= 0.3 is 0 Å². The van der Waals surface area contributed by atoms with Crippen LogP contribution in [-0.4, -0.2) is 0 Å². The van der Waals surface area contributed by atoms with Crippen LogP contribution in [0.5, 0.6) is 0 Å². The van der Waals surface area contributed by atoms with Crippen molar-refractivity contribution in [3.05, 3.63) is 70.8 Å². The van der Waals surface area contributed by atoms with E-state index in [0.717, 1.165) is 11.8 Å². The quantitative estimate of drug-likeness (QED) is 0.514. The van der Waals surface area contributed by atoms with Gasteiger partial charge in [-0.2, -0.15) is 0 Å². The lowest BCUT2D eigenvalue weighted by atomic mass is 9.84. The first-order valence-corrected chi connectivity index (χ1v) is 10.9. The van der Waals surface area contributed by atoms with Crippen LogP contribution in [0, 0.1) is 13.8 Å². The van der Waals surface area contributed by atoms with E-state index in [2.05, 4.69) is 62.4 Å². The van der Waals surface area contributed by atoms with Gasteiger partial charge in [-0.15, -0.1) is 0 Å². The average Bonchev–Trinajstić information content (AvgIpc) is 2.70. The summed E-state index contributed by atoms with van der Waals surface area (Å²) in [6.07, 6.45) is 14.2.